The fourth-order valence-corrected chi connectivity index (χ4v) is 5.80. The standard InChI is InChI=1S/C24H23F2N5O2S/c1-5-8-33-20-13-28-18(12-29-20)17(26)10-14-6-7-16(25)15(9-14)23(2)19-11-24(19,21(32)31(3)4)34-22(27)30-23/h1,6-7,9-10,12-13,19H,8,11H2,2-4H3,(H2,27,30)/b17-10-. The number of amidine groups is 1. The zero-order valence-electron chi connectivity index (χ0n) is 18.9. The fraction of sp³-hybridized carbons (Fsp3) is 0.333. The molecule has 2 N–H and O–H groups in total. The lowest BCUT2D eigenvalue weighted by atomic mass is 9.84. The Morgan fingerprint density at radius 3 is 2.82 bits per heavy atom. The Morgan fingerprint density at radius 1 is 1.41 bits per heavy atom. The van der Waals surface area contributed by atoms with Crippen molar-refractivity contribution in [2.24, 2.45) is 16.6 Å². The molecule has 176 valence electrons. The molecule has 1 amide bonds. The number of hydrogen-bond acceptors (Lipinski definition) is 7. The van der Waals surface area contributed by atoms with Crippen molar-refractivity contribution in [3.8, 4) is 18.2 Å². The number of fused-ring (bicyclic) bond motifs is 1. The first-order chi connectivity index (χ1) is 16.1. The maximum absolute atomic E-state index is 15.0. The van der Waals surface area contributed by atoms with Gasteiger partial charge in [0.15, 0.2) is 17.6 Å². The number of aliphatic imine (C=N–C) groups is 1. The average Bonchev–Trinajstić information content (AvgIpc) is 3.55. The van der Waals surface area contributed by atoms with Crippen molar-refractivity contribution >= 4 is 34.7 Å². The largest absolute Gasteiger partial charge is 0.463 e. The number of amides is 1. The first-order valence-corrected chi connectivity index (χ1v) is 11.2. The quantitative estimate of drug-likeness (QED) is 0.635. The van der Waals surface area contributed by atoms with Gasteiger partial charge in [-0.15, -0.1) is 6.42 Å². The van der Waals surface area contributed by atoms with Crippen molar-refractivity contribution in [3.05, 3.63) is 53.2 Å². The zero-order chi connectivity index (χ0) is 24.7. The lowest BCUT2D eigenvalue weighted by Crippen LogP contribution is -2.43. The van der Waals surface area contributed by atoms with Gasteiger partial charge in [0.25, 0.3) is 0 Å². The third-order valence-corrected chi connectivity index (χ3v) is 7.28. The second kappa shape index (κ2) is 8.72. The molecule has 0 saturated heterocycles. The number of terminal acetylenes is 1. The predicted molar refractivity (Wildman–Crippen MR) is 128 cm³/mol. The van der Waals surface area contributed by atoms with Gasteiger partial charge in [0, 0.05) is 25.6 Å². The molecule has 4 rings (SSSR count). The average molecular weight is 484 g/mol. The van der Waals surface area contributed by atoms with Crippen LogP contribution in [0, 0.1) is 24.1 Å². The van der Waals surface area contributed by atoms with Gasteiger partial charge in [-0.2, -0.15) is 0 Å². The molecule has 7 nitrogen and oxygen atoms in total. The molecular weight excluding hydrogens is 460 g/mol. The van der Waals surface area contributed by atoms with Crippen LogP contribution in [0.1, 0.15) is 30.2 Å². The highest BCUT2D eigenvalue weighted by molar-refractivity contribution is 8.15. The minimum atomic E-state index is -1.07. The van der Waals surface area contributed by atoms with Crippen LogP contribution >= 0.6 is 11.8 Å². The van der Waals surface area contributed by atoms with E-state index in [-0.39, 0.29) is 40.7 Å². The topological polar surface area (TPSA) is 93.7 Å². The highest BCUT2D eigenvalue weighted by Gasteiger charge is 2.71. The summed E-state index contributed by atoms with van der Waals surface area (Å²) >= 11 is 1.23. The number of nitrogens with zero attached hydrogens (tertiary/aromatic N) is 4. The zero-order valence-corrected chi connectivity index (χ0v) is 19.7. The fourth-order valence-electron chi connectivity index (χ4n) is 4.30. The molecule has 0 spiro atoms. The van der Waals surface area contributed by atoms with Crippen LogP contribution in [-0.2, 0) is 10.3 Å². The molecule has 1 aromatic carbocycles. The molecule has 1 aromatic heterocycles. The Bertz CT molecular complexity index is 1240. The van der Waals surface area contributed by atoms with E-state index in [0.717, 1.165) is 0 Å². The third-order valence-electron chi connectivity index (χ3n) is 5.99. The van der Waals surface area contributed by atoms with E-state index < -0.39 is 21.9 Å². The monoisotopic (exact) mass is 483 g/mol. The SMILES string of the molecule is C#CCOc1cnc(/C(F)=C/c2ccc(F)c(C3(C)N=C(N)SC4(C(=O)N(C)C)CC43)c2)cn1. The number of benzene rings is 1. The third kappa shape index (κ3) is 4.12. The van der Waals surface area contributed by atoms with Crippen LogP contribution in [0.3, 0.4) is 0 Å². The molecule has 3 atom stereocenters. The van der Waals surface area contributed by atoms with Crippen molar-refractivity contribution in [2.75, 3.05) is 20.7 Å². The molecule has 0 radical (unpaired) electrons. The Hall–Kier alpha value is -3.45. The summed E-state index contributed by atoms with van der Waals surface area (Å²) in [4.78, 5) is 26.9. The molecule has 1 aliphatic carbocycles. The summed E-state index contributed by atoms with van der Waals surface area (Å²) in [5, 5.41) is 0.223. The van der Waals surface area contributed by atoms with Crippen molar-refractivity contribution < 1.29 is 18.3 Å². The Morgan fingerprint density at radius 2 is 2.18 bits per heavy atom. The number of hydrogen-bond donors (Lipinski definition) is 1. The predicted octanol–water partition coefficient (Wildman–Crippen LogP) is 3.22. The summed E-state index contributed by atoms with van der Waals surface area (Å²) in [5.74, 6) is 0.991. The van der Waals surface area contributed by atoms with Crippen LogP contribution in [0.15, 0.2) is 35.6 Å². The van der Waals surface area contributed by atoms with Gasteiger partial charge in [-0.1, -0.05) is 23.7 Å². The summed E-state index contributed by atoms with van der Waals surface area (Å²) in [5.41, 5.74) is 5.66. The first-order valence-electron chi connectivity index (χ1n) is 10.4. The van der Waals surface area contributed by atoms with Crippen LogP contribution in [0.25, 0.3) is 11.9 Å². The second-order valence-electron chi connectivity index (χ2n) is 8.51. The van der Waals surface area contributed by atoms with Crippen LogP contribution in [0.5, 0.6) is 5.88 Å². The molecule has 0 bridgehead atoms. The lowest BCUT2D eigenvalue weighted by molar-refractivity contribution is -0.129. The summed E-state index contributed by atoms with van der Waals surface area (Å²) in [6, 6.07) is 4.24. The number of aromatic nitrogens is 2. The van der Waals surface area contributed by atoms with Crippen molar-refractivity contribution in [3.63, 3.8) is 0 Å². The van der Waals surface area contributed by atoms with E-state index in [1.807, 2.05) is 0 Å². The van der Waals surface area contributed by atoms with Gasteiger partial charge in [0.2, 0.25) is 11.8 Å². The lowest BCUT2D eigenvalue weighted by Gasteiger charge is -2.34. The number of halogens is 2. The normalized spacial score (nSPS) is 25.6. The van der Waals surface area contributed by atoms with E-state index in [1.54, 1.807) is 21.0 Å². The van der Waals surface area contributed by atoms with Gasteiger partial charge in [-0.05, 0) is 37.1 Å². The minimum absolute atomic E-state index is 0.0146. The summed E-state index contributed by atoms with van der Waals surface area (Å²) in [6.45, 7) is 1.79. The Balaban J connectivity index is 1.66. The highest BCUT2D eigenvalue weighted by Crippen LogP contribution is 2.66. The maximum atomic E-state index is 15.0. The van der Waals surface area contributed by atoms with E-state index >= 15 is 4.39 Å². The molecule has 2 aliphatic rings. The number of thioether (sulfide) groups is 1. The molecule has 10 heteroatoms. The van der Waals surface area contributed by atoms with Crippen LogP contribution in [-0.4, -0.2) is 51.4 Å². The van der Waals surface area contributed by atoms with Crippen molar-refractivity contribution in [1.29, 1.82) is 0 Å². The maximum Gasteiger partial charge on any atom is 0.239 e. The molecule has 3 unspecified atom stereocenters. The van der Waals surface area contributed by atoms with Gasteiger partial charge in [0.05, 0.1) is 17.9 Å². The number of ether oxygens (including phenoxy) is 1. The number of rotatable bonds is 6. The molecule has 1 saturated carbocycles. The first kappa shape index (κ1) is 23.7. The molecule has 2 heterocycles. The molecule has 1 aliphatic heterocycles. The molecule has 34 heavy (non-hydrogen) atoms. The van der Waals surface area contributed by atoms with Crippen molar-refractivity contribution in [2.45, 2.75) is 23.6 Å². The van der Waals surface area contributed by atoms with E-state index in [1.165, 1.54) is 53.3 Å². The summed E-state index contributed by atoms with van der Waals surface area (Å²) in [6.07, 6.45) is 9.36. The number of carbonyl (C=O) groups is 1. The Labute approximate surface area is 200 Å². The molecule has 2 aromatic rings. The molecular formula is C24H23F2N5O2S. The van der Waals surface area contributed by atoms with Gasteiger partial charge in [-0.25, -0.2) is 18.7 Å². The van der Waals surface area contributed by atoms with Crippen LogP contribution in [0.2, 0.25) is 0 Å². The van der Waals surface area contributed by atoms with Gasteiger partial charge in [0.1, 0.15) is 16.3 Å². The Kier molecular flexibility index (Phi) is 6.08. The van der Waals surface area contributed by atoms with Gasteiger partial charge < -0.3 is 15.4 Å². The van der Waals surface area contributed by atoms with Gasteiger partial charge >= 0.3 is 0 Å². The summed E-state index contributed by atoms with van der Waals surface area (Å²) in [7, 11) is 3.36. The van der Waals surface area contributed by atoms with E-state index in [4.69, 9.17) is 16.9 Å². The van der Waals surface area contributed by atoms with Gasteiger partial charge in [-0.3, -0.25) is 9.79 Å². The smallest absolute Gasteiger partial charge is 0.239 e. The van der Waals surface area contributed by atoms with E-state index in [9.17, 15) is 9.18 Å². The summed E-state index contributed by atoms with van der Waals surface area (Å²) < 4.78 is 34.3. The van der Waals surface area contributed by atoms with Crippen molar-refractivity contribution in [1.82, 2.24) is 14.9 Å². The highest BCUT2D eigenvalue weighted by atomic mass is 32.2. The van der Waals surface area contributed by atoms with Crippen LogP contribution in [0.4, 0.5) is 8.78 Å². The number of carbonyl (C=O) groups excluding carboxylic acids is 1. The molecule has 1 fully saturated rings. The van der Waals surface area contributed by atoms with E-state index in [0.29, 0.717) is 12.0 Å². The number of nitrogens with two attached hydrogens (primary N) is 1. The minimum Gasteiger partial charge on any atom is -0.463 e. The van der Waals surface area contributed by atoms with Crippen LogP contribution < -0.4 is 10.5 Å². The van der Waals surface area contributed by atoms with E-state index in [2.05, 4.69) is 20.9 Å². The second-order valence-corrected chi connectivity index (χ2v) is 9.86.